The van der Waals surface area contributed by atoms with Crippen LogP contribution in [0.5, 0.6) is 0 Å². The Hall–Kier alpha value is -3.23. The highest BCUT2D eigenvalue weighted by molar-refractivity contribution is 7.91. The molecule has 0 saturated heterocycles. The highest BCUT2D eigenvalue weighted by Crippen LogP contribution is 2.33. The second kappa shape index (κ2) is 9.19. The van der Waals surface area contributed by atoms with Gasteiger partial charge in [0.2, 0.25) is 0 Å². The van der Waals surface area contributed by atoms with E-state index >= 15 is 0 Å². The lowest BCUT2D eigenvalue weighted by Gasteiger charge is -2.18. The molecule has 34 heavy (non-hydrogen) atoms. The van der Waals surface area contributed by atoms with Crippen LogP contribution in [0, 0.1) is 20.8 Å². The van der Waals surface area contributed by atoms with Crippen molar-refractivity contribution in [1.82, 2.24) is 9.19 Å². The fourth-order valence-corrected chi connectivity index (χ4v) is 6.69. The molecule has 1 heterocycles. The van der Waals surface area contributed by atoms with Crippen molar-refractivity contribution in [3.8, 4) is 0 Å². The van der Waals surface area contributed by atoms with Gasteiger partial charge in [0.05, 0.1) is 20.7 Å². The van der Waals surface area contributed by atoms with Gasteiger partial charge < -0.3 is 0 Å². The van der Waals surface area contributed by atoms with E-state index in [1.54, 1.807) is 67.6 Å². The van der Waals surface area contributed by atoms with E-state index < -0.39 is 25.1 Å². The number of aromatic nitrogens is 2. The van der Waals surface area contributed by atoms with Crippen LogP contribution in [-0.4, -0.2) is 26.0 Å². The molecule has 0 spiro atoms. The summed E-state index contributed by atoms with van der Waals surface area (Å²) in [5.41, 5.74) is 3.56. The molecule has 0 aliphatic heterocycles. The normalized spacial score (nSPS) is 13.0. The van der Waals surface area contributed by atoms with Gasteiger partial charge in [-0.2, -0.15) is 17.6 Å². The van der Waals surface area contributed by atoms with Gasteiger partial charge in [-0.15, -0.1) is 0 Å². The van der Waals surface area contributed by atoms with Gasteiger partial charge in [0.15, 0.2) is 9.84 Å². The van der Waals surface area contributed by atoms with Crippen molar-refractivity contribution in [3.05, 3.63) is 113 Å². The zero-order valence-electron chi connectivity index (χ0n) is 19.2. The standard InChI is InChI=1S/C26H26N2O4S2/c1-19-9-13-23(14-10-19)33(29,30)26(22-7-5-4-6-8-22)17-25-21(3)18-28(27-25)34(31,32)24-15-11-20(2)12-16-24/h4-16,18,26H,17H2,1-3H3. The third-order valence-corrected chi connectivity index (χ3v) is 9.48. The molecule has 0 aliphatic rings. The molecular formula is C26H26N2O4S2. The van der Waals surface area contributed by atoms with Gasteiger partial charge in [-0.1, -0.05) is 65.7 Å². The maximum absolute atomic E-state index is 13.7. The lowest BCUT2D eigenvalue weighted by Crippen LogP contribution is -2.18. The third kappa shape index (κ3) is 4.69. The molecule has 1 aromatic heterocycles. The molecule has 1 unspecified atom stereocenters. The lowest BCUT2D eigenvalue weighted by molar-refractivity contribution is 0.576. The fourth-order valence-electron chi connectivity index (χ4n) is 3.75. The van der Waals surface area contributed by atoms with Gasteiger partial charge in [-0.05, 0) is 56.2 Å². The van der Waals surface area contributed by atoms with Crippen LogP contribution in [0.2, 0.25) is 0 Å². The number of benzene rings is 3. The number of aryl methyl sites for hydroxylation is 3. The molecule has 4 aromatic rings. The van der Waals surface area contributed by atoms with Crippen LogP contribution in [0.25, 0.3) is 0 Å². The largest absolute Gasteiger partial charge is 0.282 e. The van der Waals surface area contributed by atoms with E-state index in [9.17, 15) is 16.8 Å². The van der Waals surface area contributed by atoms with Crippen LogP contribution >= 0.6 is 0 Å². The predicted octanol–water partition coefficient (Wildman–Crippen LogP) is 4.80. The Balaban J connectivity index is 1.75. The summed E-state index contributed by atoms with van der Waals surface area (Å²) in [6.07, 6.45) is 1.48. The van der Waals surface area contributed by atoms with Gasteiger partial charge >= 0.3 is 0 Å². The summed E-state index contributed by atoms with van der Waals surface area (Å²) >= 11 is 0. The van der Waals surface area contributed by atoms with Gasteiger partial charge in [0, 0.05) is 12.6 Å². The summed E-state index contributed by atoms with van der Waals surface area (Å²) in [6.45, 7) is 5.52. The summed E-state index contributed by atoms with van der Waals surface area (Å²) < 4.78 is 54.5. The average Bonchev–Trinajstić information content (AvgIpc) is 3.19. The molecule has 176 valence electrons. The van der Waals surface area contributed by atoms with Crippen LogP contribution in [0.1, 0.15) is 33.2 Å². The monoisotopic (exact) mass is 494 g/mol. The van der Waals surface area contributed by atoms with Crippen molar-refractivity contribution in [2.45, 2.75) is 42.2 Å². The van der Waals surface area contributed by atoms with Crippen LogP contribution in [-0.2, 0) is 26.3 Å². The highest BCUT2D eigenvalue weighted by Gasteiger charge is 2.31. The van der Waals surface area contributed by atoms with Gasteiger partial charge in [-0.25, -0.2) is 8.42 Å². The maximum atomic E-state index is 13.7. The van der Waals surface area contributed by atoms with Crippen LogP contribution in [0.3, 0.4) is 0 Å². The SMILES string of the molecule is Cc1ccc(S(=O)(=O)C(Cc2nn(S(=O)(=O)c3ccc(C)cc3)cc2C)c2ccccc2)cc1. The van der Waals surface area contributed by atoms with Crippen molar-refractivity contribution in [3.63, 3.8) is 0 Å². The van der Waals surface area contributed by atoms with E-state index in [-0.39, 0.29) is 16.2 Å². The van der Waals surface area contributed by atoms with Crippen LogP contribution < -0.4 is 0 Å². The smallest absolute Gasteiger partial charge is 0.223 e. The minimum Gasteiger partial charge on any atom is -0.223 e. The van der Waals surface area contributed by atoms with Gasteiger partial charge in [-0.3, -0.25) is 0 Å². The molecule has 0 radical (unpaired) electrons. The Kier molecular flexibility index (Phi) is 6.47. The van der Waals surface area contributed by atoms with E-state index in [1.807, 2.05) is 19.9 Å². The number of hydrogen-bond acceptors (Lipinski definition) is 5. The Morgan fingerprint density at radius 3 is 1.82 bits per heavy atom. The molecule has 0 amide bonds. The first-order chi connectivity index (χ1) is 16.1. The Labute approximate surface area is 200 Å². The molecule has 0 bridgehead atoms. The molecule has 0 fully saturated rings. The Morgan fingerprint density at radius 2 is 1.26 bits per heavy atom. The van der Waals surface area contributed by atoms with Crippen molar-refractivity contribution in [2.24, 2.45) is 0 Å². The maximum Gasteiger partial charge on any atom is 0.282 e. The zero-order chi connectivity index (χ0) is 24.5. The molecule has 0 aliphatic carbocycles. The van der Waals surface area contributed by atoms with Crippen molar-refractivity contribution in [1.29, 1.82) is 0 Å². The zero-order valence-corrected chi connectivity index (χ0v) is 20.8. The molecule has 0 saturated carbocycles. The molecule has 0 N–H and O–H groups in total. The predicted molar refractivity (Wildman–Crippen MR) is 132 cm³/mol. The minimum absolute atomic E-state index is 0.0441. The second-order valence-corrected chi connectivity index (χ2v) is 12.3. The topological polar surface area (TPSA) is 86.1 Å². The Morgan fingerprint density at radius 1 is 0.735 bits per heavy atom. The molecule has 3 aromatic carbocycles. The molecule has 6 nitrogen and oxygen atoms in total. The highest BCUT2D eigenvalue weighted by atomic mass is 32.2. The molecule has 1 atom stereocenters. The minimum atomic E-state index is -3.89. The van der Waals surface area contributed by atoms with Crippen molar-refractivity contribution >= 4 is 19.9 Å². The quantitative estimate of drug-likeness (QED) is 0.368. The summed E-state index contributed by atoms with van der Waals surface area (Å²) in [6, 6.07) is 22.2. The summed E-state index contributed by atoms with van der Waals surface area (Å²) in [4.78, 5) is 0.343. The average molecular weight is 495 g/mol. The summed E-state index contributed by atoms with van der Waals surface area (Å²) in [5.74, 6) is 0. The summed E-state index contributed by atoms with van der Waals surface area (Å²) in [7, 11) is -7.66. The number of nitrogens with zero attached hydrogens (tertiary/aromatic N) is 2. The van der Waals surface area contributed by atoms with Crippen LogP contribution in [0.15, 0.2) is 94.9 Å². The number of hydrogen-bond donors (Lipinski definition) is 0. The molecular weight excluding hydrogens is 468 g/mol. The van der Waals surface area contributed by atoms with E-state index in [4.69, 9.17) is 0 Å². The van der Waals surface area contributed by atoms with E-state index in [0.717, 1.165) is 15.2 Å². The van der Waals surface area contributed by atoms with E-state index in [0.29, 0.717) is 16.8 Å². The fraction of sp³-hybridized carbons (Fsp3) is 0.192. The van der Waals surface area contributed by atoms with Crippen LogP contribution in [0.4, 0.5) is 0 Å². The van der Waals surface area contributed by atoms with E-state index in [2.05, 4.69) is 5.10 Å². The number of rotatable bonds is 7. The molecule has 4 rings (SSSR count). The van der Waals surface area contributed by atoms with Crippen molar-refractivity contribution in [2.75, 3.05) is 0 Å². The molecule has 8 heteroatoms. The third-order valence-electron chi connectivity index (χ3n) is 5.82. The van der Waals surface area contributed by atoms with Gasteiger partial charge in [0.1, 0.15) is 0 Å². The van der Waals surface area contributed by atoms with E-state index in [1.165, 1.54) is 18.3 Å². The second-order valence-electron chi connectivity index (χ2n) is 8.41. The first-order valence-electron chi connectivity index (χ1n) is 10.8. The summed E-state index contributed by atoms with van der Waals surface area (Å²) in [5, 5.41) is 3.41. The van der Waals surface area contributed by atoms with Gasteiger partial charge in [0.25, 0.3) is 10.0 Å². The lowest BCUT2D eigenvalue weighted by atomic mass is 10.1. The first-order valence-corrected chi connectivity index (χ1v) is 13.8. The Bertz CT molecular complexity index is 1510. The first kappa shape index (κ1) is 23.9. The number of sulfone groups is 1. The van der Waals surface area contributed by atoms with Crippen molar-refractivity contribution < 1.29 is 16.8 Å².